The molecule has 0 spiro atoms. The standard InChI is InChI=1S/C16H24N2OS.ClH/c1-12-4-5-14(20-3)10-15(12)16(19)18-8-6-13(7-9-18)11-17-2;/h4-5,10,13,17H,6-9,11H2,1-3H3;1H. The molecule has 0 unspecified atom stereocenters. The van der Waals surface area contributed by atoms with Crippen LogP contribution in [0.25, 0.3) is 0 Å². The first-order valence-electron chi connectivity index (χ1n) is 7.24. The van der Waals surface area contributed by atoms with Crippen LogP contribution in [0.3, 0.4) is 0 Å². The Morgan fingerprint density at radius 1 is 1.38 bits per heavy atom. The van der Waals surface area contributed by atoms with Crippen molar-refractivity contribution in [1.82, 2.24) is 10.2 Å². The van der Waals surface area contributed by atoms with Crippen LogP contribution in [0.2, 0.25) is 0 Å². The lowest BCUT2D eigenvalue weighted by Crippen LogP contribution is -2.40. The average molecular weight is 329 g/mol. The van der Waals surface area contributed by atoms with E-state index in [0.717, 1.165) is 48.5 Å². The summed E-state index contributed by atoms with van der Waals surface area (Å²) in [4.78, 5) is 15.8. The maximum absolute atomic E-state index is 12.7. The molecule has 0 aliphatic carbocycles. The van der Waals surface area contributed by atoms with Gasteiger partial charge in [-0.3, -0.25) is 4.79 Å². The van der Waals surface area contributed by atoms with Crippen LogP contribution in [0.4, 0.5) is 0 Å². The van der Waals surface area contributed by atoms with Crippen molar-refractivity contribution >= 4 is 30.1 Å². The van der Waals surface area contributed by atoms with Gasteiger partial charge in [0.2, 0.25) is 0 Å². The van der Waals surface area contributed by atoms with E-state index < -0.39 is 0 Å². The number of hydrogen-bond acceptors (Lipinski definition) is 3. The number of halogens is 1. The molecule has 21 heavy (non-hydrogen) atoms. The van der Waals surface area contributed by atoms with Gasteiger partial charge in [-0.15, -0.1) is 24.2 Å². The van der Waals surface area contributed by atoms with Gasteiger partial charge in [0, 0.05) is 23.5 Å². The van der Waals surface area contributed by atoms with E-state index in [4.69, 9.17) is 0 Å². The fraction of sp³-hybridized carbons (Fsp3) is 0.562. The zero-order chi connectivity index (χ0) is 14.5. The lowest BCUT2D eigenvalue weighted by atomic mass is 9.96. The number of nitrogens with one attached hydrogen (secondary N) is 1. The molecule has 3 nitrogen and oxygen atoms in total. The number of nitrogens with zero attached hydrogens (tertiary/aromatic N) is 1. The maximum atomic E-state index is 12.7. The Morgan fingerprint density at radius 3 is 2.62 bits per heavy atom. The van der Waals surface area contributed by atoms with E-state index >= 15 is 0 Å². The number of carbonyl (C=O) groups excluding carboxylic acids is 1. The third-order valence-electron chi connectivity index (χ3n) is 4.07. The Balaban J connectivity index is 0.00000220. The minimum Gasteiger partial charge on any atom is -0.339 e. The molecule has 1 saturated heterocycles. The highest BCUT2D eigenvalue weighted by Gasteiger charge is 2.24. The topological polar surface area (TPSA) is 32.3 Å². The van der Waals surface area contributed by atoms with E-state index in [-0.39, 0.29) is 18.3 Å². The van der Waals surface area contributed by atoms with Crippen molar-refractivity contribution < 1.29 is 4.79 Å². The van der Waals surface area contributed by atoms with Crippen molar-refractivity contribution in [1.29, 1.82) is 0 Å². The van der Waals surface area contributed by atoms with Crippen LogP contribution in [0.15, 0.2) is 23.1 Å². The highest BCUT2D eigenvalue weighted by Crippen LogP contribution is 2.23. The molecule has 1 amide bonds. The number of hydrogen-bond donors (Lipinski definition) is 1. The number of benzene rings is 1. The molecule has 0 atom stereocenters. The average Bonchev–Trinajstić information content (AvgIpc) is 2.48. The molecule has 2 rings (SSSR count). The van der Waals surface area contributed by atoms with Crippen LogP contribution >= 0.6 is 24.2 Å². The molecule has 0 aromatic heterocycles. The van der Waals surface area contributed by atoms with Crippen molar-refractivity contribution in [2.75, 3.05) is 32.9 Å². The van der Waals surface area contributed by atoms with Gasteiger partial charge in [-0.1, -0.05) is 6.07 Å². The van der Waals surface area contributed by atoms with E-state index in [2.05, 4.69) is 11.4 Å². The number of amides is 1. The zero-order valence-corrected chi connectivity index (χ0v) is 14.6. The predicted octanol–water partition coefficient (Wildman–Crippen LogP) is 3.21. The molecule has 0 saturated carbocycles. The highest BCUT2D eigenvalue weighted by molar-refractivity contribution is 7.98. The van der Waals surface area contributed by atoms with Crippen molar-refractivity contribution in [3.8, 4) is 0 Å². The summed E-state index contributed by atoms with van der Waals surface area (Å²) in [5, 5.41) is 3.23. The third-order valence-corrected chi connectivity index (χ3v) is 4.80. The Kier molecular flexibility index (Phi) is 7.57. The second-order valence-electron chi connectivity index (χ2n) is 5.47. The minimum absolute atomic E-state index is 0. The summed E-state index contributed by atoms with van der Waals surface area (Å²) in [5.41, 5.74) is 1.94. The molecule has 5 heteroatoms. The molecule has 0 radical (unpaired) electrons. The molecule has 1 aromatic carbocycles. The first-order valence-corrected chi connectivity index (χ1v) is 8.46. The second-order valence-corrected chi connectivity index (χ2v) is 6.35. The van der Waals surface area contributed by atoms with E-state index in [1.807, 2.05) is 37.3 Å². The fourth-order valence-electron chi connectivity index (χ4n) is 2.76. The van der Waals surface area contributed by atoms with Gasteiger partial charge in [0.1, 0.15) is 0 Å². The van der Waals surface area contributed by atoms with Gasteiger partial charge in [-0.25, -0.2) is 0 Å². The van der Waals surface area contributed by atoms with Crippen LogP contribution in [-0.2, 0) is 0 Å². The van der Waals surface area contributed by atoms with Crippen LogP contribution < -0.4 is 5.32 Å². The Morgan fingerprint density at radius 2 is 2.05 bits per heavy atom. The first-order chi connectivity index (χ1) is 9.65. The minimum atomic E-state index is 0. The van der Waals surface area contributed by atoms with Crippen molar-refractivity contribution in [3.63, 3.8) is 0 Å². The maximum Gasteiger partial charge on any atom is 0.254 e. The van der Waals surface area contributed by atoms with Crippen LogP contribution in [0.5, 0.6) is 0 Å². The summed E-state index contributed by atoms with van der Waals surface area (Å²) >= 11 is 1.68. The molecule has 118 valence electrons. The van der Waals surface area contributed by atoms with E-state index in [0.29, 0.717) is 5.92 Å². The van der Waals surface area contributed by atoms with Gasteiger partial charge in [0.05, 0.1) is 0 Å². The number of aryl methyl sites for hydroxylation is 1. The Labute approximate surface area is 138 Å². The Hall–Kier alpha value is -0.710. The number of thioether (sulfide) groups is 1. The summed E-state index contributed by atoms with van der Waals surface area (Å²) in [6, 6.07) is 6.16. The lowest BCUT2D eigenvalue weighted by Gasteiger charge is -2.32. The lowest BCUT2D eigenvalue weighted by molar-refractivity contribution is 0.0690. The first kappa shape index (κ1) is 18.3. The van der Waals surface area contributed by atoms with Gasteiger partial charge in [0.15, 0.2) is 0 Å². The van der Waals surface area contributed by atoms with Crippen molar-refractivity contribution in [3.05, 3.63) is 29.3 Å². The molecule has 1 aliphatic heterocycles. The SMILES string of the molecule is CNCC1CCN(C(=O)c2cc(SC)ccc2C)CC1.Cl. The predicted molar refractivity (Wildman–Crippen MR) is 92.8 cm³/mol. The molecule has 1 aliphatic rings. The third kappa shape index (κ3) is 4.63. The normalized spacial score (nSPS) is 15.7. The summed E-state index contributed by atoms with van der Waals surface area (Å²) in [6.07, 6.45) is 4.25. The summed E-state index contributed by atoms with van der Waals surface area (Å²) in [7, 11) is 1.99. The van der Waals surface area contributed by atoms with Crippen molar-refractivity contribution in [2.45, 2.75) is 24.7 Å². The molecular weight excluding hydrogens is 304 g/mol. The van der Waals surface area contributed by atoms with Crippen molar-refractivity contribution in [2.24, 2.45) is 5.92 Å². The smallest absolute Gasteiger partial charge is 0.254 e. The molecular formula is C16H25ClN2OS. The monoisotopic (exact) mass is 328 g/mol. The van der Waals surface area contributed by atoms with Crippen LogP contribution in [0, 0.1) is 12.8 Å². The Bertz CT molecular complexity index is 473. The molecule has 1 heterocycles. The summed E-state index contributed by atoms with van der Waals surface area (Å²) < 4.78 is 0. The number of rotatable bonds is 4. The number of carbonyl (C=O) groups is 1. The van der Waals surface area contributed by atoms with Gasteiger partial charge < -0.3 is 10.2 Å². The number of likely N-dealkylation sites (tertiary alicyclic amines) is 1. The molecule has 1 fully saturated rings. The zero-order valence-electron chi connectivity index (χ0n) is 13.0. The summed E-state index contributed by atoms with van der Waals surface area (Å²) in [5.74, 6) is 0.906. The molecule has 1 aromatic rings. The summed E-state index contributed by atoms with van der Waals surface area (Å²) in [6.45, 7) is 4.84. The molecule has 0 bridgehead atoms. The van der Waals surface area contributed by atoms with E-state index in [9.17, 15) is 4.79 Å². The fourth-order valence-corrected chi connectivity index (χ4v) is 3.20. The van der Waals surface area contributed by atoms with Gasteiger partial charge in [0.25, 0.3) is 5.91 Å². The molecule has 1 N–H and O–H groups in total. The highest BCUT2D eigenvalue weighted by atomic mass is 35.5. The largest absolute Gasteiger partial charge is 0.339 e. The quantitative estimate of drug-likeness (QED) is 0.861. The van der Waals surface area contributed by atoms with E-state index in [1.165, 1.54) is 0 Å². The van der Waals surface area contributed by atoms with E-state index in [1.54, 1.807) is 11.8 Å². The second kappa shape index (κ2) is 8.66. The van der Waals surface area contributed by atoms with Crippen LogP contribution in [0.1, 0.15) is 28.8 Å². The van der Waals surface area contributed by atoms with Gasteiger partial charge in [-0.2, -0.15) is 0 Å². The number of piperidine rings is 1. The van der Waals surface area contributed by atoms with Gasteiger partial charge in [-0.05, 0) is 63.2 Å². The van der Waals surface area contributed by atoms with Crippen LogP contribution in [-0.4, -0.2) is 43.7 Å². The van der Waals surface area contributed by atoms with Gasteiger partial charge >= 0.3 is 0 Å².